The zero-order valence-corrected chi connectivity index (χ0v) is 21.3. The van der Waals surface area contributed by atoms with Crippen molar-refractivity contribution < 1.29 is 14.4 Å². The van der Waals surface area contributed by atoms with Crippen LogP contribution in [0, 0.1) is 48.3 Å². The van der Waals surface area contributed by atoms with Crippen molar-refractivity contribution in [2.75, 3.05) is 0 Å². The lowest BCUT2D eigenvalue weighted by molar-refractivity contribution is -0.130. The highest BCUT2D eigenvalue weighted by Crippen LogP contribution is 2.66. The SMILES string of the molecule is Cc1c(C)c2c(c(CC(=O)[C@H]3CC[C@H]4[C@@H]5CCC6=CC(=O)CC[C@]6(C)[C@H]5CC[C@]34C)c1C=O)C2. The summed E-state index contributed by atoms with van der Waals surface area (Å²) in [7, 11) is 0. The van der Waals surface area contributed by atoms with Crippen LogP contribution >= 0.6 is 0 Å². The summed E-state index contributed by atoms with van der Waals surface area (Å²) in [5.41, 5.74) is 8.43. The maximum absolute atomic E-state index is 13.8. The molecule has 0 radical (unpaired) electrons. The topological polar surface area (TPSA) is 51.2 Å². The standard InChI is InChI=1S/C31H38O3/c1-17-18(2)25(16-32)24(23-14-22(17)23)15-29(34)28-8-7-26-21-6-5-19-13-20(33)9-11-30(19,3)27(21)10-12-31(26,28)4/h13,16,21,26-28H,5-12,14-15H2,1-4H3/t21-,26-,27-,28+,30-,31-/m0/s1. The summed E-state index contributed by atoms with van der Waals surface area (Å²) in [6.45, 7) is 8.98. The van der Waals surface area contributed by atoms with Crippen LogP contribution in [-0.4, -0.2) is 17.9 Å². The first-order valence-corrected chi connectivity index (χ1v) is 13.5. The van der Waals surface area contributed by atoms with E-state index in [1.54, 1.807) is 0 Å². The van der Waals surface area contributed by atoms with Crippen LogP contribution in [0.15, 0.2) is 11.6 Å². The van der Waals surface area contributed by atoms with Crippen molar-refractivity contribution in [2.24, 2.45) is 34.5 Å². The molecule has 0 amide bonds. The average molecular weight is 459 g/mol. The van der Waals surface area contributed by atoms with Crippen LogP contribution in [0.3, 0.4) is 0 Å². The summed E-state index contributed by atoms with van der Waals surface area (Å²) in [5.74, 6) is 2.75. The molecule has 0 aliphatic heterocycles. The van der Waals surface area contributed by atoms with Crippen molar-refractivity contribution in [1.82, 2.24) is 0 Å². The van der Waals surface area contributed by atoms with E-state index >= 15 is 0 Å². The third-order valence-corrected chi connectivity index (χ3v) is 11.5. The third kappa shape index (κ3) is 2.97. The van der Waals surface area contributed by atoms with Crippen LogP contribution in [0.5, 0.6) is 0 Å². The number of Topliss-reactive ketones (excluding diaryl/α,β-unsaturated/α-hetero) is 1. The summed E-state index contributed by atoms with van der Waals surface area (Å²) in [6, 6.07) is 0. The molecule has 1 aromatic carbocycles. The molecule has 0 bridgehead atoms. The number of benzene rings is 1. The molecule has 0 heterocycles. The van der Waals surface area contributed by atoms with E-state index in [0.29, 0.717) is 42.2 Å². The van der Waals surface area contributed by atoms with Crippen molar-refractivity contribution in [3.05, 3.63) is 45.0 Å². The number of carbonyl (C=O) groups is 3. The Kier molecular flexibility index (Phi) is 4.94. The van der Waals surface area contributed by atoms with E-state index in [4.69, 9.17) is 0 Å². The van der Waals surface area contributed by atoms with E-state index < -0.39 is 0 Å². The Morgan fingerprint density at radius 1 is 1.00 bits per heavy atom. The van der Waals surface area contributed by atoms with Crippen LogP contribution in [0.2, 0.25) is 0 Å². The Labute approximate surface area is 203 Å². The predicted octanol–water partition coefficient (Wildman–Crippen LogP) is 6.28. The van der Waals surface area contributed by atoms with E-state index in [2.05, 4.69) is 20.8 Å². The van der Waals surface area contributed by atoms with Gasteiger partial charge in [0.25, 0.3) is 0 Å². The molecule has 3 heteroatoms. The van der Waals surface area contributed by atoms with Crippen LogP contribution in [0.1, 0.15) is 103 Å². The van der Waals surface area contributed by atoms with Crippen molar-refractivity contribution >= 4 is 17.9 Å². The molecule has 1 aromatic rings. The van der Waals surface area contributed by atoms with Gasteiger partial charge < -0.3 is 0 Å². The van der Waals surface area contributed by atoms with Crippen molar-refractivity contribution in [1.29, 1.82) is 0 Å². The number of carbonyl (C=O) groups excluding carboxylic acids is 3. The van der Waals surface area contributed by atoms with Gasteiger partial charge >= 0.3 is 0 Å². The second-order valence-electron chi connectivity index (χ2n) is 12.7. The first kappa shape index (κ1) is 22.4. The summed E-state index contributed by atoms with van der Waals surface area (Å²) in [4.78, 5) is 37.9. The highest BCUT2D eigenvalue weighted by molar-refractivity contribution is 5.92. The largest absolute Gasteiger partial charge is 0.299 e. The minimum Gasteiger partial charge on any atom is -0.299 e. The summed E-state index contributed by atoms with van der Waals surface area (Å²) in [5, 5.41) is 0. The number of allylic oxidation sites excluding steroid dienone is 1. The zero-order chi connectivity index (χ0) is 24.0. The Morgan fingerprint density at radius 2 is 1.79 bits per heavy atom. The van der Waals surface area contributed by atoms with Crippen LogP contribution in [-0.2, 0) is 22.4 Å². The minimum absolute atomic E-state index is 0.0818. The molecule has 6 rings (SSSR count). The van der Waals surface area contributed by atoms with Gasteiger partial charge in [-0.05, 0) is 128 Å². The van der Waals surface area contributed by atoms with Gasteiger partial charge in [-0.3, -0.25) is 14.4 Å². The number of ketones is 2. The highest BCUT2D eigenvalue weighted by atomic mass is 16.1. The lowest BCUT2D eigenvalue weighted by Crippen LogP contribution is -2.51. The summed E-state index contributed by atoms with van der Waals surface area (Å²) in [6.07, 6.45) is 12.8. The van der Waals surface area contributed by atoms with Gasteiger partial charge in [0.1, 0.15) is 5.78 Å². The molecule has 34 heavy (non-hydrogen) atoms. The van der Waals surface area contributed by atoms with Crippen LogP contribution in [0.25, 0.3) is 0 Å². The second kappa shape index (κ2) is 7.48. The molecule has 3 nitrogen and oxygen atoms in total. The van der Waals surface area contributed by atoms with Gasteiger partial charge in [-0.2, -0.15) is 0 Å². The molecule has 3 fully saturated rings. The first-order chi connectivity index (χ1) is 16.2. The molecule has 180 valence electrons. The molecule has 0 saturated heterocycles. The summed E-state index contributed by atoms with van der Waals surface area (Å²) >= 11 is 0. The fraction of sp³-hybridized carbons (Fsp3) is 0.645. The van der Waals surface area contributed by atoms with Gasteiger partial charge in [0.05, 0.1) is 0 Å². The van der Waals surface area contributed by atoms with Crippen LogP contribution in [0.4, 0.5) is 0 Å². The average Bonchev–Trinajstić information content (AvgIpc) is 3.53. The van der Waals surface area contributed by atoms with E-state index in [1.807, 2.05) is 13.0 Å². The molecule has 0 aromatic heterocycles. The van der Waals surface area contributed by atoms with E-state index in [9.17, 15) is 14.4 Å². The predicted molar refractivity (Wildman–Crippen MR) is 133 cm³/mol. The molecule has 0 N–H and O–H groups in total. The number of aldehydes is 1. The van der Waals surface area contributed by atoms with Crippen molar-refractivity contribution in [3.8, 4) is 0 Å². The number of hydrogen-bond donors (Lipinski definition) is 0. The molecule has 5 aliphatic carbocycles. The summed E-state index contributed by atoms with van der Waals surface area (Å²) < 4.78 is 0. The fourth-order valence-electron chi connectivity index (χ4n) is 9.34. The number of rotatable bonds is 4. The quantitative estimate of drug-likeness (QED) is 0.507. The van der Waals surface area contributed by atoms with Crippen LogP contribution < -0.4 is 0 Å². The fourth-order valence-corrected chi connectivity index (χ4v) is 9.34. The van der Waals surface area contributed by atoms with E-state index in [-0.39, 0.29) is 16.7 Å². The van der Waals surface area contributed by atoms with Gasteiger partial charge in [-0.15, -0.1) is 0 Å². The van der Waals surface area contributed by atoms with E-state index in [0.717, 1.165) is 61.5 Å². The van der Waals surface area contributed by atoms with Crippen molar-refractivity contribution in [2.45, 2.75) is 91.9 Å². The van der Waals surface area contributed by atoms with Gasteiger partial charge in [0.2, 0.25) is 0 Å². The third-order valence-electron chi connectivity index (χ3n) is 11.5. The van der Waals surface area contributed by atoms with Crippen molar-refractivity contribution in [3.63, 3.8) is 0 Å². The molecule has 0 unspecified atom stereocenters. The molecule has 3 saturated carbocycles. The lowest BCUT2D eigenvalue weighted by atomic mass is 9.46. The highest BCUT2D eigenvalue weighted by Gasteiger charge is 2.60. The van der Waals surface area contributed by atoms with Gasteiger partial charge in [-0.1, -0.05) is 19.4 Å². The van der Waals surface area contributed by atoms with Gasteiger partial charge in [0, 0.05) is 24.3 Å². The number of hydrogen-bond acceptors (Lipinski definition) is 3. The molecular formula is C31H38O3. The molecule has 6 atom stereocenters. The number of fused-ring (bicyclic) bond motifs is 6. The minimum atomic E-state index is 0.0818. The Hall–Kier alpha value is -2.03. The molecular weight excluding hydrogens is 420 g/mol. The maximum atomic E-state index is 13.8. The Balaban J connectivity index is 1.26. The first-order valence-electron chi connectivity index (χ1n) is 13.5. The Morgan fingerprint density at radius 3 is 2.56 bits per heavy atom. The molecule has 5 aliphatic rings. The second-order valence-corrected chi connectivity index (χ2v) is 12.7. The van der Waals surface area contributed by atoms with Gasteiger partial charge in [-0.25, -0.2) is 0 Å². The maximum Gasteiger partial charge on any atom is 0.155 e. The Bertz CT molecular complexity index is 1160. The molecule has 0 spiro atoms. The van der Waals surface area contributed by atoms with Gasteiger partial charge in [0.15, 0.2) is 12.1 Å². The lowest BCUT2D eigenvalue weighted by Gasteiger charge is -2.58. The normalized spacial score (nSPS) is 37.8. The monoisotopic (exact) mass is 458 g/mol. The van der Waals surface area contributed by atoms with E-state index in [1.165, 1.54) is 35.1 Å². The smallest absolute Gasteiger partial charge is 0.155 e. The zero-order valence-electron chi connectivity index (χ0n) is 21.3.